The highest BCUT2D eigenvalue weighted by Crippen LogP contribution is 2.21. The van der Waals surface area contributed by atoms with Crippen molar-refractivity contribution in [3.8, 4) is 17.1 Å². The molecule has 1 aliphatic rings. The van der Waals surface area contributed by atoms with Crippen LogP contribution in [0.2, 0.25) is 0 Å². The maximum atomic E-state index is 13.0. The van der Waals surface area contributed by atoms with Crippen LogP contribution in [0.4, 0.5) is 4.39 Å². The van der Waals surface area contributed by atoms with Gasteiger partial charge in [0.25, 0.3) is 5.91 Å². The lowest BCUT2D eigenvalue weighted by molar-refractivity contribution is 0.0904. The molecular weight excluding hydrogens is 399 g/mol. The van der Waals surface area contributed by atoms with Crippen LogP contribution < -0.4 is 10.1 Å². The fraction of sp³-hybridized carbons (Fsp3) is 0.348. The molecule has 3 aromatic rings. The average molecular weight is 424 g/mol. The molecule has 0 radical (unpaired) electrons. The fourth-order valence-electron chi connectivity index (χ4n) is 3.60. The number of halogens is 1. The molecular formula is C23H25FN4O3. The summed E-state index contributed by atoms with van der Waals surface area (Å²) in [7, 11) is 0. The standard InChI is InChI=1S/C23H25FN4O3/c1-2-30-20-9-5-16(6-10-20)22-26-21(31-27-22)15-28-13-11-19(12-14-28)25-23(29)17-3-7-18(24)8-4-17/h3-10,19H,2,11-15H2,1H3,(H,25,29). The van der Waals surface area contributed by atoms with E-state index in [-0.39, 0.29) is 17.8 Å². The number of nitrogens with zero attached hydrogens (tertiary/aromatic N) is 3. The molecule has 162 valence electrons. The number of carbonyl (C=O) groups is 1. The van der Waals surface area contributed by atoms with Gasteiger partial charge in [0.05, 0.1) is 13.2 Å². The number of ether oxygens (including phenoxy) is 1. The molecule has 2 heterocycles. The van der Waals surface area contributed by atoms with Crippen LogP contribution in [0.5, 0.6) is 5.75 Å². The van der Waals surface area contributed by atoms with Crippen molar-refractivity contribution in [1.29, 1.82) is 0 Å². The van der Waals surface area contributed by atoms with Gasteiger partial charge < -0.3 is 14.6 Å². The van der Waals surface area contributed by atoms with Crippen molar-refractivity contribution < 1.29 is 18.4 Å². The molecule has 7 nitrogen and oxygen atoms in total. The number of carbonyl (C=O) groups excluding carboxylic acids is 1. The Hall–Kier alpha value is -3.26. The third-order valence-electron chi connectivity index (χ3n) is 5.28. The van der Waals surface area contributed by atoms with E-state index in [4.69, 9.17) is 9.26 Å². The number of nitrogens with one attached hydrogen (secondary N) is 1. The third-order valence-corrected chi connectivity index (χ3v) is 5.28. The van der Waals surface area contributed by atoms with Crippen molar-refractivity contribution in [3.05, 3.63) is 65.8 Å². The van der Waals surface area contributed by atoms with Crippen molar-refractivity contribution in [1.82, 2.24) is 20.4 Å². The average Bonchev–Trinajstić information content (AvgIpc) is 3.25. The van der Waals surface area contributed by atoms with Crippen LogP contribution >= 0.6 is 0 Å². The molecule has 0 saturated carbocycles. The highest BCUT2D eigenvalue weighted by molar-refractivity contribution is 5.94. The Morgan fingerprint density at radius 2 is 1.87 bits per heavy atom. The minimum absolute atomic E-state index is 0.0934. The zero-order valence-corrected chi connectivity index (χ0v) is 17.4. The molecule has 1 aromatic heterocycles. The summed E-state index contributed by atoms with van der Waals surface area (Å²) in [4.78, 5) is 19.0. The van der Waals surface area contributed by atoms with Crippen LogP contribution in [-0.2, 0) is 6.54 Å². The summed E-state index contributed by atoms with van der Waals surface area (Å²) in [5.41, 5.74) is 1.34. The van der Waals surface area contributed by atoms with E-state index in [9.17, 15) is 9.18 Å². The first kappa shape index (κ1) is 21.0. The normalized spacial score (nSPS) is 15.0. The van der Waals surface area contributed by atoms with Crippen molar-refractivity contribution in [2.75, 3.05) is 19.7 Å². The molecule has 4 rings (SSSR count). The third kappa shape index (κ3) is 5.46. The highest BCUT2D eigenvalue weighted by atomic mass is 19.1. The quantitative estimate of drug-likeness (QED) is 0.623. The van der Waals surface area contributed by atoms with Gasteiger partial charge in [0.2, 0.25) is 11.7 Å². The summed E-state index contributed by atoms with van der Waals surface area (Å²) in [6.45, 7) is 4.77. The van der Waals surface area contributed by atoms with Crippen LogP contribution in [-0.4, -0.2) is 46.7 Å². The molecule has 0 bridgehead atoms. The largest absolute Gasteiger partial charge is 0.494 e. The second-order valence-electron chi connectivity index (χ2n) is 7.50. The Morgan fingerprint density at radius 3 is 2.55 bits per heavy atom. The SMILES string of the molecule is CCOc1ccc(-c2noc(CN3CCC(NC(=O)c4ccc(F)cc4)CC3)n2)cc1. The Labute approximate surface area is 180 Å². The number of aromatic nitrogens is 2. The van der Waals surface area contributed by atoms with Crippen molar-refractivity contribution in [3.63, 3.8) is 0 Å². The number of amides is 1. The summed E-state index contributed by atoms with van der Waals surface area (Å²) in [6.07, 6.45) is 1.65. The topological polar surface area (TPSA) is 80.5 Å². The summed E-state index contributed by atoms with van der Waals surface area (Å²) in [5.74, 6) is 1.41. The molecule has 31 heavy (non-hydrogen) atoms. The maximum absolute atomic E-state index is 13.0. The number of piperidine rings is 1. The van der Waals surface area contributed by atoms with Gasteiger partial charge in [-0.05, 0) is 68.3 Å². The van der Waals surface area contributed by atoms with Gasteiger partial charge in [-0.3, -0.25) is 9.69 Å². The smallest absolute Gasteiger partial charge is 0.251 e. The van der Waals surface area contributed by atoms with Gasteiger partial charge in [0.15, 0.2) is 0 Å². The number of likely N-dealkylation sites (tertiary alicyclic amines) is 1. The summed E-state index contributed by atoms with van der Waals surface area (Å²) in [6, 6.07) is 13.3. The molecule has 1 saturated heterocycles. The molecule has 1 amide bonds. The summed E-state index contributed by atoms with van der Waals surface area (Å²) < 4.78 is 23.9. The van der Waals surface area contributed by atoms with Gasteiger partial charge in [0, 0.05) is 30.3 Å². The van der Waals surface area contributed by atoms with E-state index in [1.54, 1.807) is 0 Å². The molecule has 1 aliphatic heterocycles. The molecule has 1 fully saturated rings. The molecule has 0 unspecified atom stereocenters. The van der Waals surface area contributed by atoms with Crippen LogP contribution in [0, 0.1) is 5.82 Å². The minimum atomic E-state index is -0.350. The first-order chi connectivity index (χ1) is 15.1. The van der Waals surface area contributed by atoms with E-state index < -0.39 is 0 Å². The van der Waals surface area contributed by atoms with Crippen LogP contribution in [0.3, 0.4) is 0 Å². The molecule has 8 heteroatoms. The van der Waals surface area contributed by atoms with E-state index in [1.165, 1.54) is 24.3 Å². The van der Waals surface area contributed by atoms with Crippen LogP contribution in [0.25, 0.3) is 11.4 Å². The van der Waals surface area contributed by atoms with E-state index in [0.29, 0.717) is 30.4 Å². The molecule has 1 N–H and O–H groups in total. The Kier molecular flexibility index (Phi) is 6.57. The summed E-state index contributed by atoms with van der Waals surface area (Å²) >= 11 is 0. The Morgan fingerprint density at radius 1 is 1.16 bits per heavy atom. The first-order valence-corrected chi connectivity index (χ1v) is 10.5. The highest BCUT2D eigenvalue weighted by Gasteiger charge is 2.23. The predicted octanol–water partition coefficient (Wildman–Crippen LogP) is 3.67. The van der Waals surface area contributed by atoms with E-state index in [1.807, 2.05) is 31.2 Å². The first-order valence-electron chi connectivity index (χ1n) is 10.5. The number of hydrogen-bond acceptors (Lipinski definition) is 6. The van der Waals surface area contributed by atoms with Crippen molar-refractivity contribution in [2.24, 2.45) is 0 Å². The fourth-order valence-corrected chi connectivity index (χ4v) is 3.60. The molecule has 0 atom stereocenters. The monoisotopic (exact) mass is 424 g/mol. The van der Waals surface area contributed by atoms with Crippen molar-refractivity contribution >= 4 is 5.91 Å². The van der Waals surface area contributed by atoms with E-state index >= 15 is 0 Å². The minimum Gasteiger partial charge on any atom is -0.494 e. The second-order valence-corrected chi connectivity index (χ2v) is 7.50. The summed E-state index contributed by atoms with van der Waals surface area (Å²) in [5, 5.41) is 7.11. The van der Waals surface area contributed by atoms with Crippen LogP contribution in [0.1, 0.15) is 36.0 Å². The van der Waals surface area contributed by atoms with Gasteiger partial charge >= 0.3 is 0 Å². The Balaban J connectivity index is 1.26. The lowest BCUT2D eigenvalue weighted by Gasteiger charge is -2.31. The molecule has 0 spiro atoms. The van der Waals surface area contributed by atoms with Gasteiger partial charge in [0.1, 0.15) is 11.6 Å². The van der Waals surface area contributed by atoms with Crippen LogP contribution in [0.15, 0.2) is 53.1 Å². The van der Waals surface area contributed by atoms with Gasteiger partial charge in [-0.15, -0.1) is 0 Å². The maximum Gasteiger partial charge on any atom is 0.251 e. The van der Waals surface area contributed by atoms with Gasteiger partial charge in [-0.1, -0.05) is 5.16 Å². The Bertz CT molecular complexity index is 996. The number of hydrogen-bond donors (Lipinski definition) is 1. The lowest BCUT2D eigenvalue weighted by atomic mass is 10.0. The van der Waals surface area contributed by atoms with Gasteiger partial charge in [-0.2, -0.15) is 4.98 Å². The number of benzene rings is 2. The van der Waals surface area contributed by atoms with E-state index in [0.717, 1.165) is 37.2 Å². The van der Waals surface area contributed by atoms with E-state index in [2.05, 4.69) is 20.4 Å². The zero-order valence-electron chi connectivity index (χ0n) is 17.4. The zero-order chi connectivity index (χ0) is 21.6. The number of rotatable bonds is 7. The second kappa shape index (κ2) is 9.70. The predicted molar refractivity (Wildman–Crippen MR) is 113 cm³/mol. The molecule has 2 aromatic carbocycles. The molecule has 0 aliphatic carbocycles. The van der Waals surface area contributed by atoms with Gasteiger partial charge in [-0.25, -0.2) is 4.39 Å². The van der Waals surface area contributed by atoms with Crippen molar-refractivity contribution in [2.45, 2.75) is 32.4 Å². The lowest BCUT2D eigenvalue weighted by Crippen LogP contribution is -2.44.